The smallest absolute Gasteiger partial charge is 0.197 e. The number of aliphatic hydroxyl groups is 1. The van der Waals surface area contributed by atoms with E-state index < -0.39 is 6.10 Å². The summed E-state index contributed by atoms with van der Waals surface area (Å²) in [6.07, 6.45) is -0.564. The highest BCUT2D eigenvalue weighted by molar-refractivity contribution is 5.85. The second-order valence-corrected chi connectivity index (χ2v) is 7.07. The first-order chi connectivity index (χ1) is 13.4. The zero-order valence-corrected chi connectivity index (χ0v) is 16.6. The van der Waals surface area contributed by atoms with E-state index in [0.29, 0.717) is 34.8 Å². The van der Waals surface area contributed by atoms with Gasteiger partial charge in [-0.1, -0.05) is 0 Å². The average molecular weight is 383 g/mol. The molecule has 6 nitrogen and oxygen atoms in total. The summed E-state index contributed by atoms with van der Waals surface area (Å²) in [4.78, 5) is 14.5. The van der Waals surface area contributed by atoms with Gasteiger partial charge in [0.15, 0.2) is 5.43 Å². The number of benzene rings is 2. The Morgan fingerprint density at radius 1 is 1.14 bits per heavy atom. The molecule has 1 aromatic heterocycles. The Bertz CT molecular complexity index is 1010. The summed E-state index contributed by atoms with van der Waals surface area (Å²) in [7, 11) is 5.33. The summed E-state index contributed by atoms with van der Waals surface area (Å²) >= 11 is 0. The molecule has 0 amide bonds. The molecule has 1 heterocycles. The lowest BCUT2D eigenvalue weighted by Gasteiger charge is -2.16. The van der Waals surface area contributed by atoms with Gasteiger partial charge in [0.2, 0.25) is 0 Å². The number of likely N-dealkylation sites (N-methyl/N-ethyl adjacent to an activating group) is 1. The van der Waals surface area contributed by atoms with Gasteiger partial charge in [-0.3, -0.25) is 4.79 Å². The van der Waals surface area contributed by atoms with Crippen molar-refractivity contribution in [3.05, 3.63) is 58.3 Å². The number of nitrogens with zero attached hydrogens (tertiary/aromatic N) is 1. The third-order valence-electron chi connectivity index (χ3n) is 4.32. The molecule has 0 aliphatic carbocycles. The molecule has 1 atom stereocenters. The minimum atomic E-state index is -0.564. The number of hydrogen-bond donors (Lipinski definition) is 1. The highest BCUT2D eigenvalue weighted by Crippen LogP contribution is 2.29. The van der Waals surface area contributed by atoms with Gasteiger partial charge in [0, 0.05) is 18.2 Å². The van der Waals surface area contributed by atoms with Crippen LogP contribution in [0.1, 0.15) is 5.56 Å². The van der Waals surface area contributed by atoms with Crippen LogP contribution in [0.5, 0.6) is 11.5 Å². The van der Waals surface area contributed by atoms with Crippen LogP contribution in [0.15, 0.2) is 51.7 Å². The number of aryl methyl sites for hydroxylation is 1. The summed E-state index contributed by atoms with van der Waals surface area (Å²) < 4.78 is 16.9. The predicted molar refractivity (Wildman–Crippen MR) is 109 cm³/mol. The number of rotatable bonds is 7. The summed E-state index contributed by atoms with van der Waals surface area (Å²) in [5, 5.41) is 10.3. The molecule has 0 saturated heterocycles. The third kappa shape index (κ3) is 4.52. The largest absolute Gasteiger partial charge is 0.496 e. The van der Waals surface area contributed by atoms with E-state index in [-0.39, 0.29) is 12.0 Å². The van der Waals surface area contributed by atoms with Crippen molar-refractivity contribution in [1.29, 1.82) is 0 Å². The van der Waals surface area contributed by atoms with Crippen molar-refractivity contribution >= 4 is 11.0 Å². The van der Waals surface area contributed by atoms with E-state index in [4.69, 9.17) is 13.9 Å². The van der Waals surface area contributed by atoms with Crippen molar-refractivity contribution in [3.63, 3.8) is 0 Å². The maximum Gasteiger partial charge on any atom is 0.197 e. The molecule has 1 unspecified atom stereocenters. The van der Waals surface area contributed by atoms with Crippen molar-refractivity contribution in [2.45, 2.75) is 13.0 Å². The molecule has 0 aliphatic heterocycles. The molecule has 148 valence electrons. The lowest BCUT2D eigenvalue weighted by Crippen LogP contribution is -2.30. The fourth-order valence-corrected chi connectivity index (χ4v) is 3.07. The first kappa shape index (κ1) is 19.9. The van der Waals surface area contributed by atoms with E-state index in [1.165, 1.54) is 13.2 Å². The molecule has 0 bridgehead atoms. The van der Waals surface area contributed by atoms with E-state index in [1.807, 2.05) is 50.2 Å². The molecule has 3 rings (SSSR count). The number of hydrogen-bond acceptors (Lipinski definition) is 6. The van der Waals surface area contributed by atoms with Crippen LogP contribution in [-0.4, -0.2) is 50.5 Å². The van der Waals surface area contributed by atoms with Crippen LogP contribution in [-0.2, 0) is 0 Å². The maximum absolute atomic E-state index is 12.6. The fraction of sp³-hybridized carbons (Fsp3) is 0.318. The Morgan fingerprint density at radius 2 is 1.86 bits per heavy atom. The van der Waals surface area contributed by atoms with Gasteiger partial charge in [0.05, 0.1) is 7.11 Å². The maximum atomic E-state index is 12.6. The number of fused-ring (bicyclic) bond motifs is 1. The normalized spacial score (nSPS) is 12.4. The van der Waals surface area contributed by atoms with Gasteiger partial charge in [0.25, 0.3) is 0 Å². The van der Waals surface area contributed by atoms with E-state index >= 15 is 0 Å². The SMILES string of the molecule is COc1cc(C)cc2oc(-c3ccc(OCC(O)CN(C)C)cc3)cc(=O)c12. The van der Waals surface area contributed by atoms with E-state index in [2.05, 4.69) is 0 Å². The summed E-state index contributed by atoms with van der Waals surface area (Å²) in [6.45, 7) is 2.66. The van der Waals surface area contributed by atoms with Crippen molar-refractivity contribution in [2.75, 3.05) is 34.4 Å². The molecule has 0 fully saturated rings. The molecule has 0 spiro atoms. The average Bonchev–Trinajstić information content (AvgIpc) is 2.65. The molecule has 0 saturated carbocycles. The first-order valence-electron chi connectivity index (χ1n) is 9.06. The first-order valence-corrected chi connectivity index (χ1v) is 9.06. The third-order valence-corrected chi connectivity index (χ3v) is 4.32. The molecular formula is C22H25NO5. The number of aliphatic hydroxyl groups excluding tert-OH is 1. The number of ether oxygens (including phenoxy) is 2. The van der Waals surface area contributed by atoms with Gasteiger partial charge in [0.1, 0.15) is 40.9 Å². The Balaban J connectivity index is 1.84. The molecule has 6 heteroatoms. The van der Waals surface area contributed by atoms with Crippen LogP contribution >= 0.6 is 0 Å². The highest BCUT2D eigenvalue weighted by atomic mass is 16.5. The topological polar surface area (TPSA) is 72.1 Å². The quantitative estimate of drug-likeness (QED) is 0.676. The Kier molecular flexibility index (Phi) is 6.02. The monoisotopic (exact) mass is 383 g/mol. The van der Waals surface area contributed by atoms with Crippen LogP contribution in [0.3, 0.4) is 0 Å². The molecule has 0 aliphatic rings. The second-order valence-electron chi connectivity index (χ2n) is 7.07. The highest BCUT2D eigenvalue weighted by Gasteiger charge is 2.13. The molecule has 0 radical (unpaired) electrons. The standard InChI is InChI=1S/C22H25NO5/c1-14-9-20(26-4)22-18(25)11-19(28-21(22)10-14)15-5-7-17(8-6-15)27-13-16(24)12-23(2)3/h5-11,16,24H,12-13H2,1-4H3. The predicted octanol–water partition coefficient (Wildman–Crippen LogP) is 3.08. The molecule has 3 aromatic rings. The molecule has 1 N–H and O–H groups in total. The van der Waals surface area contributed by atoms with Crippen LogP contribution in [0.25, 0.3) is 22.3 Å². The van der Waals surface area contributed by atoms with Gasteiger partial charge in [-0.05, 0) is 63.0 Å². The summed E-state index contributed by atoms with van der Waals surface area (Å²) in [5.74, 6) is 1.63. The van der Waals surface area contributed by atoms with E-state index in [1.54, 1.807) is 12.1 Å². The van der Waals surface area contributed by atoms with Gasteiger partial charge >= 0.3 is 0 Å². The second kappa shape index (κ2) is 8.46. The summed E-state index contributed by atoms with van der Waals surface area (Å²) in [5.41, 5.74) is 2.05. The Labute approximate surface area is 163 Å². The minimum absolute atomic E-state index is 0.153. The molecule has 2 aromatic carbocycles. The van der Waals surface area contributed by atoms with Gasteiger partial charge in [-0.2, -0.15) is 0 Å². The van der Waals surface area contributed by atoms with Crippen LogP contribution in [0.2, 0.25) is 0 Å². The van der Waals surface area contributed by atoms with Crippen LogP contribution < -0.4 is 14.9 Å². The lowest BCUT2D eigenvalue weighted by atomic mass is 10.1. The van der Waals surface area contributed by atoms with Crippen molar-refractivity contribution < 1.29 is 19.0 Å². The van der Waals surface area contributed by atoms with Gasteiger partial charge in [-0.25, -0.2) is 0 Å². The molecule has 28 heavy (non-hydrogen) atoms. The van der Waals surface area contributed by atoms with E-state index in [0.717, 1.165) is 11.1 Å². The zero-order chi connectivity index (χ0) is 20.3. The zero-order valence-electron chi connectivity index (χ0n) is 16.6. The van der Waals surface area contributed by atoms with Crippen molar-refractivity contribution in [1.82, 2.24) is 4.90 Å². The Hall–Kier alpha value is -2.83. The van der Waals surface area contributed by atoms with Crippen molar-refractivity contribution in [3.8, 4) is 22.8 Å². The van der Waals surface area contributed by atoms with Crippen LogP contribution in [0, 0.1) is 6.92 Å². The Morgan fingerprint density at radius 3 is 2.50 bits per heavy atom. The van der Waals surface area contributed by atoms with E-state index in [9.17, 15) is 9.90 Å². The number of methoxy groups -OCH3 is 1. The van der Waals surface area contributed by atoms with Gasteiger partial charge in [-0.15, -0.1) is 0 Å². The van der Waals surface area contributed by atoms with Gasteiger partial charge < -0.3 is 23.9 Å². The molecular weight excluding hydrogens is 358 g/mol. The van der Waals surface area contributed by atoms with Crippen molar-refractivity contribution in [2.24, 2.45) is 0 Å². The minimum Gasteiger partial charge on any atom is -0.496 e. The van der Waals surface area contributed by atoms with Crippen LogP contribution in [0.4, 0.5) is 0 Å². The fourth-order valence-electron chi connectivity index (χ4n) is 3.07. The lowest BCUT2D eigenvalue weighted by molar-refractivity contribution is 0.0831. The summed E-state index contributed by atoms with van der Waals surface area (Å²) in [6, 6.07) is 12.3.